The minimum absolute atomic E-state index is 0.0841. The zero-order valence-corrected chi connectivity index (χ0v) is 12.4. The van der Waals surface area contributed by atoms with E-state index in [1.165, 1.54) is 0 Å². The number of carbonyl (C=O) groups excluding carboxylic acids is 1. The summed E-state index contributed by atoms with van der Waals surface area (Å²) in [5.41, 5.74) is 0.456. The van der Waals surface area contributed by atoms with Crippen LogP contribution in [0, 0.1) is 0 Å². The number of rotatable bonds is 6. The molecule has 0 fully saturated rings. The van der Waals surface area contributed by atoms with E-state index < -0.39 is 0 Å². The molecular weight excluding hydrogens is 216 g/mol. The van der Waals surface area contributed by atoms with E-state index in [9.17, 15) is 4.79 Å². The van der Waals surface area contributed by atoms with E-state index in [0.717, 1.165) is 22.1 Å². The smallest absolute Gasteiger partial charge is 0.333 e. The van der Waals surface area contributed by atoms with E-state index in [1.54, 1.807) is 6.92 Å². The SMILES string of the molecule is C=C(C)C(=O)OC(C[N+](C)(C)C)C[N+](C)(C)C. The number of nitrogens with zero attached hydrogens (tertiary/aromatic N) is 2. The molecule has 0 unspecified atom stereocenters. The van der Waals surface area contributed by atoms with Gasteiger partial charge < -0.3 is 13.7 Å². The molecule has 0 saturated heterocycles. The van der Waals surface area contributed by atoms with Crippen LogP contribution in [0.25, 0.3) is 0 Å². The summed E-state index contributed by atoms with van der Waals surface area (Å²) < 4.78 is 7.04. The summed E-state index contributed by atoms with van der Waals surface area (Å²) in [6.07, 6.45) is -0.0841. The molecule has 4 nitrogen and oxygen atoms in total. The maximum atomic E-state index is 11.6. The summed E-state index contributed by atoms with van der Waals surface area (Å²) >= 11 is 0. The van der Waals surface area contributed by atoms with Gasteiger partial charge in [0.05, 0.1) is 42.3 Å². The molecule has 0 saturated carbocycles. The van der Waals surface area contributed by atoms with Crippen molar-refractivity contribution in [2.75, 3.05) is 55.4 Å². The maximum Gasteiger partial charge on any atom is 0.333 e. The van der Waals surface area contributed by atoms with Gasteiger partial charge in [0, 0.05) is 5.57 Å². The molecule has 0 aromatic carbocycles. The summed E-state index contributed by atoms with van der Waals surface area (Å²) in [6, 6.07) is 0. The van der Waals surface area contributed by atoms with Crippen LogP contribution in [0.1, 0.15) is 6.92 Å². The van der Waals surface area contributed by atoms with E-state index in [0.29, 0.717) is 5.57 Å². The first-order valence-corrected chi connectivity index (χ1v) is 5.88. The van der Waals surface area contributed by atoms with Crippen LogP contribution in [0.3, 0.4) is 0 Å². The second-order valence-corrected chi connectivity index (χ2v) is 6.75. The van der Waals surface area contributed by atoms with Gasteiger partial charge in [0.2, 0.25) is 0 Å². The summed E-state index contributed by atoms with van der Waals surface area (Å²) in [4.78, 5) is 11.6. The average molecular weight is 244 g/mol. The van der Waals surface area contributed by atoms with Gasteiger partial charge in [-0.3, -0.25) is 0 Å². The fraction of sp³-hybridized carbons (Fsp3) is 0.769. The largest absolute Gasteiger partial charge is 0.447 e. The molecular formula is C13H28N2O2+2. The number of hydrogen-bond donors (Lipinski definition) is 0. The lowest BCUT2D eigenvalue weighted by atomic mass is 10.2. The summed E-state index contributed by atoms with van der Waals surface area (Å²) in [5, 5.41) is 0. The van der Waals surface area contributed by atoms with Gasteiger partial charge in [-0.05, 0) is 6.92 Å². The molecule has 0 aliphatic rings. The van der Waals surface area contributed by atoms with Crippen LogP contribution in [0.5, 0.6) is 0 Å². The third kappa shape index (κ3) is 8.89. The zero-order valence-electron chi connectivity index (χ0n) is 12.4. The molecule has 0 bridgehead atoms. The van der Waals surface area contributed by atoms with E-state index in [1.807, 2.05) is 0 Å². The molecule has 0 aromatic heterocycles. The quantitative estimate of drug-likeness (QED) is 0.394. The molecule has 0 aliphatic carbocycles. The Morgan fingerprint density at radius 2 is 1.41 bits per heavy atom. The van der Waals surface area contributed by atoms with E-state index in [2.05, 4.69) is 48.9 Å². The standard InChI is InChI=1S/C13H28N2O2/c1-11(2)13(16)17-12(9-14(3,4)5)10-15(6,7)8/h12H,1,9-10H2,2-8H3/q+2. The van der Waals surface area contributed by atoms with E-state index >= 15 is 0 Å². The number of esters is 1. The molecule has 17 heavy (non-hydrogen) atoms. The van der Waals surface area contributed by atoms with Crippen molar-refractivity contribution in [1.82, 2.24) is 0 Å². The number of ether oxygens (including phenoxy) is 1. The highest BCUT2D eigenvalue weighted by atomic mass is 16.5. The van der Waals surface area contributed by atoms with Gasteiger partial charge in [0.1, 0.15) is 13.1 Å². The molecule has 0 rings (SSSR count). The zero-order chi connectivity index (χ0) is 13.9. The topological polar surface area (TPSA) is 26.3 Å². The second-order valence-electron chi connectivity index (χ2n) is 6.75. The normalized spacial score (nSPS) is 12.7. The molecule has 0 aliphatic heterocycles. The van der Waals surface area contributed by atoms with Crippen molar-refractivity contribution in [2.24, 2.45) is 0 Å². The van der Waals surface area contributed by atoms with Crippen LogP contribution >= 0.6 is 0 Å². The van der Waals surface area contributed by atoms with Gasteiger partial charge >= 0.3 is 5.97 Å². The molecule has 0 heterocycles. The fourth-order valence-corrected chi connectivity index (χ4v) is 1.61. The molecule has 4 heteroatoms. The van der Waals surface area contributed by atoms with Crippen molar-refractivity contribution < 1.29 is 18.5 Å². The highest BCUT2D eigenvalue weighted by Gasteiger charge is 2.27. The molecule has 0 aromatic rings. The van der Waals surface area contributed by atoms with Crippen LogP contribution in [0.2, 0.25) is 0 Å². The monoisotopic (exact) mass is 244 g/mol. The van der Waals surface area contributed by atoms with Crippen molar-refractivity contribution in [1.29, 1.82) is 0 Å². The van der Waals surface area contributed by atoms with Crippen molar-refractivity contribution in [3.63, 3.8) is 0 Å². The highest BCUT2D eigenvalue weighted by molar-refractivity contribution is 5.87. The third-order valence-electron chi connectivity index (χ3n) is 2.12. The predicted octanol–water partition coefficient (Wildman–Crippen LogP) is 0.887. The van der Waals surface area contributed by atoms with Crippen LogP contribution in [0.4, 0.5) is 0 Å². The molecule has 0 N–H and O–H groups in total. The van der Waals surface area contributed by atoms with Gasteiger partial charge in [-0.15, -0.1) is 0 Å². The van der Waals surface area contributed by atoms with Crippen LogP contribution in [-0.2, 0) is 9.53 Å². The number of carbonyl (C=O) groups is 1. The lowest BCUT2D eigenvalue weighted by molar-refractivity contribution is -0.895. The lowest BCUT2D eigenvalue weighted by Crippen LogP contribution is -2.51. The number of quaternary nitrogens is 2. The van der Waals surface area contributed by atoms with Crippen LogP contribution < -0.4 is 0 Å². The number of hydrogen-bond acceptors (Lipinski definition) is 2. The van der Waals surface area contributed by atoms with Crippen molar-refractivity contribution >= 4 is 5.97 Å². The minimum atomic E-state index is -0.295. The minimum Gasteiger partial charge on any atom is -0.447 e. The van der Waals surface area contributed by atoms with Gasteiger partial charge in [-0.25, -0.2) is 4.79 Å². The predicted molar refractivity (Wildman–Crippen MR) is 70.5 cm³/mol. The molecule has 100 valence electrons. The molecule has 0 atom stereocenters. The van der Waals surface area contributed by atoms with Gasteiger partial charge in [-0.1, -0.05) is 6.58 Å². The third-order valence-corrected chi connectivity index (χ3v) is 2.12. The summed E-state index contributed by atoms with van der Waals surface area (Å²) in [5.74, 6) is -0.295. The number of likely N-dealkylation sites (N-methyl/N-ethyl adjacent to an activating group) is 2. The Balaban J connectivity index is 4.63. The second kappa shape index (κ2) is 5.65. The molecule has 0 radical (unpaired) electrons. The molecule has 0 spiro atoms. The van der Waals surface area contributed by atoms with Crippen molar-refractivity contribution in [2.45, 2.75) is 13.0 Å². The maximum absolute atomic E-state index is 11.6. The first kappa shape index (κ1) is 16.1. The highest BCUT2D eigenvalue weighted by Crippen LogP contribution is 2.07. The van der Waals surface area contributed by atoms with Gasteiger partial charge in [0.25, 0.3) is 0 Å². The van der Waals surface area contributed by atoms with E-state index in [-0.39, 0.29) is 12.1 Å². The first-order valence-electron chi connectivity index (χ1n) is 5.88. The van der Waals surface area contributed by atoms with Crippen molar-refractivity contribution in [3.8, 4) is 0 Å². The Labute approximate surface area is 106 Å². The Morgan fingerprint density at radius 1 is 1.06 bits per heavy atom. The Bertz CT molecular complexity index is 269. The average Bonchev–Trinajstić information content (AvgIpc) is 1.96. The fourth-order valence-electron chi connectivity index (χ4n) is 1.61. The first-order chi connectivity index (χ1) is 7.41. The van der Waals surface area contributed by atoms with Gasteiger partial charge in [0.15, 0.2) is 6.10 Å². The summed E-state index contributed by atoms with van der Waals surface area (Å²) in [7, 11) is 12.6. The lowest BCUT2D eigenvalue weighted by Gasteiger charge is -2.33. The summed E-state index contributed by atoms with van der Waals surface area (Å²) in [6.45, 7) is 6.89. The van der Waals surface area contributed by atoms with Crippen LogP contribution in [0.15, 0.2) is 12.2 Å². The van der Waals surface area contributed by atoms with E-state index in [4.69, 9.17) is 4.74 Å². The Kier molecular flexibility index (Phi) is 5.36. The Morgan fingerprint density at radius 3 is 1.65 bits per heavy atom. The van der Waals surface area contributed by atoms with Crippen LogP contribution in [-0.4, -0.2) is 76.4 Å². The molecule has 0 amide bonds. The van der Waals surface area contributed by atoms with Crippen molar-refractivity contribution in [3.05, 3.63) is 12.2 Å². The van der Waals surface area contributed by atoms with Gasteiger partial charge in [-0.2, -0.15) is 0 Å². The Hall–Kier alpha value is -0.870.